The van der Waals surface area contributed by atoms with E-state index < -0.39 is 23.1 Å². The molecule has 1 rings (SSSR count). The third-order valence-electron chi connectivity index (χ3n) is 4.70. The van der Waals surface area contributed by atoms with Crippen molar-refractivity contribution >= 4 is 46.1 Å². The van der Waals surface area contributed by atoms with E-state index in [1.807, 2.05) is 13.8 Å². The Bertz CT molecular complexity index is 543. The molecule has 0 radical (unpaired) electrons. The first kappa shape index (κ1) is 26.1. The Labute approximate surface area is 186 Å². The van der Waals surface area contributed by atoms with Gasteiger partial charge < -0.3 is 14.2 Å². The summed E-state index contributed by atoms with van der Waals surface area (Å²) >= 11 is 2.06. The van der Waals surface area contributed by atoms with E-state index in [0.717, 1.165) is 4.90 Å². The number of hydrogen-bond donors (Lipinski definition) is 0. The van der Waals surface area contributed by atoms with E-state index in [-0.39, 0.29) is 25.0 Å². The van der Waals surface area contributed by atoms with Crippen LogP contribution in [0.1, 0.15) is 52.4 Å². The number of Topliss-reactive ketones (excluding diaryl/α,β-unsaturated/α-hetero) is 1. The van der Waals surface area contributed by atoms with Crippen LogP contribution in [0, 0.1) is 5.41 Å². The monoisotopic (exact) mass is 525 g/mol. The zero-order valence-electron chi connectivity index (χ0n) is 17.4. The largest absolute Gasteiger partial charge is 0.381 e. The SMILES string of the molecule is CCOCC(CCC(=O)CI)(COCC)COCCCC(=O)N1C(=O)CCC1=O. The Balaban J connectivity index is 2.53. The minimum absolute atomic E-state index is 0.0781. The molecule has 1 heterocycles. The molecular weight excluding hydrogens is 493 g/mol. The van der Waals surface area contributed by atoms with Crippen LogP contribution in [-0.2, 0) is 33.4 Å². The van der Waals surface area contributed by atoms with Crippen molar-refractivity contribution in [3.8, 4) is 0 Å². The van der Waals surface area contributed by atoms with E-state index in [4.69, 9.17) is 14.2 Å². The Morgan fingerprint density at radius 3 is 2.03 bits per heavy atom. The maximum atomic E-state index is 12.1. The Kier molecular flexibility index (Phi) is 12.8. The van der Waals surface area contributed by atoms with Crippen molar-refractivity contribution in [3.05, 3.63) is 0 Å². The van der Waals surface area contributed by atoms with Crippen LogP contribution in [0.5, 0.6) is 0 Å². The van der Waals surface area contributed by atoms with E-state index in [2.05, 4.69) is 22.6 Å². The number of amides is 3. The molecule has 29 heavy (non-hydrogen) atoms. The van der Waals surface area contributed by atoms with E-state index in [0.29, 0.717) is 63.3 Å². The molecule has 0 atom stereocenters. The minimum atomic E-state index is -0.469. The molecule has 0 aliphatic carbocycles. The predicted octanol–water partition coefficient (Wildman–Crippen LogP) is 2.30. The Morgan fingerprint density at radius 2 is 1.52 bits per heavy atom. The number of ketones is 1. The summed E-state index contributed by atoms with van der Waals surface area (Å²) in [5.74, 6) is -1.14. The molecule has 0 aromatic rings. The maximum absolute atomic E-state index is 12.1. The standard InChI is InChI=1S/C20H32INO7/c1-3-27-13-20(14-28-4-2,10-9-16(23)12-21)15-29-11-5-6-17(24)22-18(25)7-8-19(22)26/h3-15H2,1-2H3. The Morgan fingerprint density at radius 1 is 0.966 bits per heavy atom. The molecule has 0 saturated carbocycles. The summed E-state index contributed by atoms with van der Waals surface area (Å²) in [6.07, 6.45) is 1.73. The maximum Gasteiger partial charge on any atom is 0.236 e. The van der Waals surface area contributed by atoms with Gasteiger partial charge in [0, 0.05) is 50.9 Å². The van der Waals surface area contributed by atoms with E-state index in [9.17, 15) is 19.2 Å². The lowest BCUT2D eigenvalue weighted by Gasteiger charge is -2.33. The molecule has 0 spiro atoms. The minimum Gasteiger partial charge on any atom is -0.381 e. The fourth-order valence-electron chi connectivity index (χ4n) is 3.03. The number of imide groups is 3. The summed E-state index contributed by atoms with van der Waals surface area (Å²) in [4.78, 5) is 47.8. The smallest absolute Gasteiger partial charge is 0.236 e. The highest BCUT2D eigenvalue weighted by molar-refractivity contribution is 14.1. The molecule has 9 heteroatoms. The fourth-order valence-corrected chi connectivity index (χ4v) is 3.41. The van der Waals surface area contributed by atoms with Crippen molar-refractivity contribution in [1.29, 1.82) is 0 Å². The number of ether oxygens (including phenoxy) is 3. The molecule has 0 N–H and O–H groups in total. The topological polar surface area (TPSA) is 99.2 Å². The average Bonchev–Trinajstić information content (AvgIpc) is 3.06. The molecule has 1 saturated heterocycles. The molecule has 8 nitrogen and oxygen atoms in total. The molecule has 166 valence electrons. The van der Waals surface area contributed by atoms with Gasteiger partial charge in [-0.25, -0.2) is 4.90 Å². The number of nitrogens with zero attached hydrogens (tertiary/aromatic N) is 1. The van der Waals surface area contributed by atoms with Gasteiger partial charge in [0.05, 0.1) is 24.2 Å². The molecule has 3 amide bonds. The Hall–Kier alpha value is -0.910. The lowest BCUT2D eigenvalue weighted by molar-refractivity contribution is -0.149. The second kappa shape index (κ2) is 14.2. The molecule has 0 aromatic carbocycles. The molecule has 0 unspecified atom stereocenters. The number of carbonyl (C=O) groups is 4. The van der Waals surface area contributed by atoms with E-state index in [1.54, 1.807) is 0 Å². The summed E-state index contributed by atoms with van der Waals surface area (Å²) in [6, 6.07) is 0. The van der Waals surface area contributed by atoms with Crippen molar-refractivity contribution in [2.45, 2.75) is 52.4 Å². The van der Waals surface area contributed by atoms with Gasteiger partial charge in [-0.2, -0.15) is 0 Å². The van der Waals surface area contributed by atoms with Gasteiger partial charge in [-0.15, -0.1) is 0 Å². The van der Waals surface area contributed by atoms with Gasteiger partial charge >= 0.3 is 0 Å². The number of alkyl halides is 1. The normalized spacial score (nSPS) is 14.7. The fraction of sp³-hybridized carbons (Fsp3) is 0.800. The van der Waals surface area contributed by atoms with E-state index in [1.165, 1.54) is 0 Å². The summed E-state index contributed by atoms with van der Waals surface area (Å²) < 4.78 is 17.6. The van der Waals surface area contributed by atoms with E-state index >= 15 is 0 Å². The number of rotatable bonds is 16. The summed E-state index contributed by atoms with van der Waals surface area (Å²) in [5, 5.41) is 0. The first-order chi connectivity index (χ1) is 13.9. The highest BCUT2D eigenvalue weighted by Gasteiger charge is 2.34. The van der Waals surface area contributed by atoms with Gasteiger partial charge in [0.25, 0.3) is 0 Å². The van der Waals surface area contributed by atoms with Crippen molar-refractivity contribution in [2.75, 3.05) is 44.1 Å². The molecule has 1 aliphatic heterocycles. The molecule has 0 aromatic heterocycles. The number of likely N-dealkylation sites (tertiary alicyclic amines) is 1. The van der Waals surface area contributed by atoms with Crippen LogP contribution in [0.15, 0.2) is 0 Å². The molecular formula is C20H32INO7. The highest BCUT2D eigenvalue weighted by atomic mass is 127. The number of hydrogen-bond acceptors (Lipinski definition) is 7. The van der Waals surface area contributed by atoms with Crippen LogP contribution in [0.4, 0.5) is 0 Å². The first-order valence-electron chi connectivity index (χ1n) is 10.1. The van der Waals surface area contributed by atoms with Crippen LogP contribution in [-0.4, -0.2) is 72.5 Å². The van der Waals surface area contributed by atoms with Crippen molar-refractivity contribution in [3.63, 3.8) is 0 Å². The highest BCUT2D eigenvalue weighted by Crippen LogP contribution is 2.27. The molecule has 1 aliphatic rings. The van der Waals surface area contributed by atoms with Gasteiger partial charge in [-0.3, -0.25) is 19.2 Å². The van der Waals surface area contributed by atoms with Gasteiger partial charge in [0.1, 0.15) is 5.78 Å². The van der Waals surface area contributed by atoms with Crippen LogP contribution < -0.4 is 0 Å². The van der Waals surface area contributed by atoms with Gasteiger partial charge in [0.2, 0.25) is 17.7 Å². The lowest BCUT2D eigenvalue weighted by Crippen LogP contribution is -2.38. The second-order valence-corrected chi connectivity index (χ2v) is 7.88. The first-order valence-corrected chi connectivity index (χ1v) is 11.6. The van der Waals surface area contributed by atoms with Crippen molar-refractivity contribution < 1.29 is 33.4 Å². The van der Waals surface area contributed by atoms with Crippen molar-refractivity contribution in [1.82, 2.24) is 4.90 Å². The van der Waals surface area contributed by atoms with Gasteiger partial charge in [0.15, 0.2) is 0 Å². The van der Waals surface area contributed by atoms with Crippen LogP contribution in [0.2, 0.25) is 0 Å². The average molecular weight is 525 g/mol. The predicted molar refractivity (Wildman–Crippen MR) is 115 cm³/mol. The zero-order chi connectivity index (χ0) is 21.7. The zero-order valence-corrected chi connectivity index (χ0v) is 19.5. The quantitative estimate of drug-likeness (QED) is 0.132. The van der Waals surface area contributed by atoms with Crippen LogP contribution in [0.3, 0.4) is 0 Å². The third kappa shape index (κ3) is 9.18. The summed E-state index contributed by atoms with van der Waals surface area (Å²) in [5.41, 5.74) is -0.432. The molecule has 0 bridgehead atoms. The third-order valence-corrected chi connectivity index (χ3v) is 5.55. The number of carbonyl (C=O) groups excluding carboxylic acids is 4. The second-order valence-electron chi connectivity index (χ2n) is 7.12. The summed E-state index contributed by atoms with van der Waals surface area (Å²) in [6.45, 7) is 6.44. The summed E-state index contributed by atoms with van der Waals surface area (Å²) in [7, 11) is 0. The van der Waals surface area contributed by atoms with Crippen LogP contribution in [0.25, 0.3) is 0 Å². The number of halogens is 1. The van der Waals surface area contributed by atoms with Gasteiger partial charge in [-0.05, 0) is 26.7 Å². The van der Waals surface area contributed by atoms with Crippen molar-refractivity contribution in [2.24, 2.45) is 5.41 Å². The van der Waals surface area contributed by atoms with Gasteiger partial charge in [-0.1, -0.05) is 22.6 Å². The molecule has 1 fully saturated rings. The van der Waals surface area contributed by atoms with Crippen LogP contribution >= 0.6 is 22.6 Å². The lowest BCUT2D eigenvalue weighted by atomic mass is 9.85.